The first kappa shape index (κ1) is 11.3. The third kappa shape index (κ3) is 1.46. The number of nitro benzene ring substituents is 2. The second kappa shape index (κ2) is 3.85. The number of hydrogen-bond acceptors (Lipinski definition) is 6. The molecule has 0 bridgehead atoms. The Hall–Kier alpha value is -1.80. The van der Waals surface area contributed by atoms with Gasteiger partial charge in [0, 0.05) is 22.4 Å². The van der Waals surface area contributed by atoms with E-state index in [-0.39, 0.29) is 11.4 Å². The zero-order valence-electron chi connectivity index (χ0n) is 8.65. The maximum atomic E-state index is 10.9. The van der Waals surface area contributed by atoms with Crippen molar-refractivity contribution in [1.29, 1.82) is 0 Å². The third-order valence-corrected chi connectivity index (χ3v) is 5.13. The first-order valence-electron chi connectivity index (χ1n) is 4.82. The summed E-state index contributed by atoms with van der Waals surface area (Å²) in [6.07, 6.45) is 0. The molecular formula is C10H4N2O4S2. The molecule has 6 nitrogen and oxygen atoms in total. The van der Waals surface area contributed by atoms with Crippen LogP contribution in [0.3, 0.4) is 0 Å². The summed E-state index contributed by atoms with van der Waals surface area (Å²) in [4.78, 5) is 22.3. The molecule has 0 saturated heterocycles. The fourth-order valence-electron chi connectivity index (χ4n) is 1.90. The number of nitrogens with zero attached hydrogens (tertiary/aromatic N) is 2. The molecule has 0 aromatic heterocycles. The molecule has 18 heavy (non-hydrogen) atoms. The summed E-state index contributed by atoms with van der Waals surface area (Å²) >= 11 is 0. The molecule has 90 valence electrons. The fourth-order valence-corrected chi connectivity index (χ4v) is 4.53. The van der Waals surface area contributed by atoms with Gasteiger partial charge in [0.2, 0.25) is 0 Å². The lowest BCUT2D eigenvalue weighted by Gasteiger charge is -2.01. The van der Waals surface area contributed by atoms with Gasteiger partial charge in [0.1, 0.15) is 4.90 Å². The lowest BCUT2D eigenvalue weighted by Crippen LogP contribution is -1.93. The summed E-state index contributed by atoms with van der Waals surface area (Å²) in [7, 11) is 2.66. The van der Waals surface area contributed by atoms with E-state index in [4.69, 9.17) is 0 Å². The van der Waals surface area contributed by atoms with E-state index >= 15 is 0 Å². The molecule has 0 radical (unpaired) electrons. The van der Waals surface area contributed by atoms with Gasteiger partial charge in [-0.3, -0.25) is 20.2 Å². The first-order valence-corrected chi connectivity index (χ1v) is 6.97. The molecule has 1 aliphatic rings. The Morgan fingerprint density at radius 1 is 0.889 bits per heavy atom. The summed E-state index contributed by atoms with van der Waals surface area (Å²) in [5, 5.41) is 22.9. The molecule has 0 atom stereocenters. The van der Waals surface area contributed by atoms with E-state index in [0.717, 1.165) is 4.90 Å². The monoisotopic (exact) mass is 280 g/mol. The maximum absolute atomic E-state index is 10.9. The quantitative estimate of drug-likeness (QED) is 0.473. The first-order chi connectivity index (χ1) is 8.59. The van der Waals surface area contributed by atoms with Crippen LogP contribution in [0.1, 0.15) is 0 Å². The highest BCUT2D eigenvalue weighted by molar-refractivity contribution is 8.77. The van der Waals surface area contributed by atoms with Crippen molar-refractivity contribution in [2.75, 3.05) is 0 Å². The standard InChI is InChI=1S/C10H4N2O4S2/c13-11(14)6-3-4-8-9-5(6)1-2-7(12(15)16)10(9)18-17-8/h1-4H. The van der Waals surface area contributed by atoms with E-state index < -0.39 is 9.85 Å². The Morgan fingerprint density at radius 3 is 2.22 bits per heavy atom. The summed E-state index contributed by atoms with van der Waals surface area (Å²) < 4.78 is 0. The van der Waals surface area contributed by atoms with Gasteiger partial charge in [-0.15, -0.1) is 0 Å². The minimum Gasteiger partial charge on any atom is -0.258 e. The van der Waals surface area contributed by atoms with Gasteiger partial charge < -0.3 is 0 Å². The molecule has 0 fully saturated rings. The van der Waals surface area contributed by atoms with Crippen LogP contribution in [0, 0.1) is 20.2 Å². The van der Waals surface area contributed by atoms with Gasteiger partial charge in [-0.1, -0.05) is 10.8 Å². The van der Waals surface area contributed by atoms with Crippen molar-refractivity contribution in [3.05, 3.63) is 44.5 Å². The van der Waals surface area contributed by atoms with Crippen molar-refractivity contribution in [3.8, 4) is 0 Å². The highest BCUT2D eigenvalue weighted by atomic mass is 33.1. The van der Waals surface area contributed by atoms with Crippen LogP contribution in [-0.4, -0.2) is 9.85 Å². The Labute approximate surface area is 108 Å². The number of non-ortho nitro benzene ring substituents is 1. The average Bonchev–Trinajstić information content (AvgIpc) is 2.75. The number of rotatable bonds is 2. The summed E-state index contributed by atoms with van der Waals surface area (Å²) in [6.45, 7) is 0. The minimum atomic E-state index is -0.470. The molecular weight excluding hydrogens is 276 g/mol. The molecule has 1 aliphatic heterocycles. The number of benzene rings is 2. The van der Waals surface area contributed by atoms with Crippen molar-refractivity contribution >= 4 is 43.7 Å². The number of hydrogen-bond donors (Lipinski definition) is 0. The van der Waals surface area contributed by atoms with Gasteiger partial charge in [-0.25, -0.2) is 0 Å². The summed E-state index contributed by atoms with van der Waals surface area (Å²) in [6, 6.07) is 5.85. The van der Waals surface area contributed by atoms with E-state index in [2.05, 4.69) is 0 Å². The van der Waals surface area contributed by atoms with Crippen LogP contribution in [0.5, 0.6) is 0 Å². The Morgan fingerprint density at radius 2 is 1.56 bits per heavy atom. The topological polar surface area (TPSA) is 86.3 Å². The molecule has 0 amide bonds. The third-order valence-electron chi connectivity index (χ3n) is 2.66. The number of nitro groups is 2. The lowest BCUT2D eigenvalue weighted by molar-refractivity contribution is -0.387. The molecule has 2 aromatic carbocycles. The van der Waals surface area contributed by atoms with E-state index in [1.807, 2.05) is 0 Å². The van der Waals surface area contributed by atoms with E-state index in [1.54, 1.807) is 6.07 Å². The fraction of sp³-hybridized carbons (Fsp3) is 0. The van der Waals surface area contributed by atoms with Crippen LogP contribution in [0.15, 0.2) is 34.1 Å². The van der Waals surface area contributed by atoms with Crippen molar-refractivity contribution in [3.63, 3.8) is 0 Å². The largest absolute Gasteiger partial charge is 0.284 e. The maximum Gasteiger partial charge on any atom is 0.284 e. The molecule has 0 aliphatic carbocycles. The molecule has 0 saturated carbocycles. The van der Waals surface area contributed by atoms with Gasteiger partial charge in [0.15, 0.2) is 0 Å². The van der Waals surface area contributed by atoms with Crippen molar-refractivity contribution in [1.82, 2.24) is 0 Å². The van der Waals surface area contributed by atoms with Crippen molar-refractivity contribution in [2.24, 2.45) is 0 Å². The zero-order chi connectivity index (χ0) is 12.9. The second-order valence-corrected chi connectivity index (χ2v) is 5.78. The van der Waals surface area contributed by atoms with Crippen LogP contribution >= 0.6 is 21.6 Å². The van der Waals surface area contributed by atoms with Gasteiger partial charge in [0.25, 0.3) is 11.4 Å². The van der Waals surface area contributed by atoms with Crippen LogP contribution in [0.4, 0.5) is 11.4 Å². The van der Waals surface area contributed by atoms with Crippen LogP contribution in [0.25, 0.3) is 10.8 Å². The Balaban J connectivity index is 2.44. The smallest absolute Gasteiger partial charge is 0.258 e. The molecule has 0 spiro atoms. The van der Waals surface area contributed by atoms with Gasteiger partial charge in [-0.2, -0.15) is 0 Å². The van der Waals surface area contributed by atoms with E-state index in [1.165, 1.54) is 39.8 Å². The molecule has 1 heterocycles. The molecule has 0 N–H and O–H groups in total. The molecule has 2 aromatic rings. The summed E-state index contributed by atoms with van der Waals surface area (Å²) in [5.41, 5.74) is -0.0211. The summed E-state index contributed by atoms with van der Waals surface area (Å²) in [5.74, 6) is 0. The minimum absolute atomic E-state index is 0.000696. The normalized spacial score (nSPS) is 12.9. The highest BCUT2D eigenvalue weighted by Gasteiger charge is 2.28. The molecule has 0 unspecified atom stereocenters. The highest BCUT2D eigenvalue weighted by Crippen LogP contribution is 2.55. The molecule has 3 rings (SSSR count). The van der Waals surface area contributed by atoms with Gasteiger partial charge in [0.05, 0.1) is 15.2 Å². The SMILES string of the molecule is O=[N+]([O-])c1ccc2c([N+](=O)[O-])ccc3c2c1SS3. The predicted octanol–water partition coefficient (Wildman–Crippen LogP) is 3.77. The zero-order valence-corrected chi connectivity index (χ0v) is 10.3. The lowest BCUT2D eigenvalue weighted by atomic mass is 10.1. The predicted molar refractivity (Wildman–Crippen MR) is 69.0 cm³/mol. The van der Waals surface area contributed by atoms with Crippen LogP contribution < -0.4 is 0 Å². The van der Waals surface area contributed by atoms with Gasteiger partial charge in [-0.05, 0) is 22.9 Å². The average molecular weight is 280 g/mol. The van der Waals surface area contributed by atoms with Crippen molar-refractivity contribution < 1.29 is 9.85 Å². The second-order valence-electron chi connectivity index (χ2n) is 3.60. The Kier molecular flexibility index (Phi) is 2.42. The van der Waals surface area contributed by atoms with Crippen LogP contribution in [-0.2, 0) is 0 Å². The van der Waals surface area contributed by atoms with Crippen LogP contribution in [0.2, 0.25) is 0 Å². The van der Waals surface area contributed by atoms with E-state index in [9.17, 15) is 20.2 Å². The molecule has 8 heteroatoms. The Bertz CT molecular complexity index is 717. The van der Waals surface area contributed by atoms with Gasteiger partial charge >= 0.3 is 0 Å². The van der Waals surface area contributed by atoms with E-state index in [0.29, 0.717) is 15.7 Å². The van der Waals surface area contributed by atoms with Crippen molar-refractivity contribution in [2.45, 2.75) is 9.79 Å².